The van der Waals surface area contributed by atoms with Crippen LogP contribution in [0.2, 0.25) is 0 Å². The van der Waals surface area contributed by atoms with E-state index in [0.29, 0.717) is 11.5 Å². The summed E-state index contributed by atoms with van der Waals surface area (Å²) in [5, 5.41) is 19.1. The molecular formula is C120H99F9O7S6+6. The summed E-state index contributed by atoms with van der Waals surface area (Å²) in [7, 11) is -2.29. The highest BCUT2D eigenvalue weighted by Gasteiger charge is 2.42. The maximum atomic E-state index is 14.5. The molecule has 18 aromatic carbocycles. The van der Waals surface area contributed by atoms with Crippen LogP contribution < -0.4 is 14.2 Å². The fraction of sp³-hybridized carbons (Fsp3) is 0.0917. The molecular weight excluding hydrogens is 1920 g/mol. The summed E-state index contributed by atoms with van der Waals surface area (Å²) >= 11 is 0. The largest absolute Gasteiger partial charge is 0.514 e. The second-order valence-corrected chi connectivity index (χ2v) is 45.4. The van der Waals surface area contributed by atoms with Gasteiger partial charge in [-0.05, 0) is 332 Å². The van der Waals surface area contributed by atoms with Crippen molar-refractivity contribution in [3.63, 3.8) is 0 Å². The van der Waals surface area contributed by atoms with E-state index < -0.39 is 56.9 Å². The van der Waals surface area contributed by atoms with Gasteiger partial charge in [0, 0.05) is 18.2 Å². The summed E-state index contributed by atoms with van der Waals surface area (Å²) in [4.78, 5) is 30.7. The van der Waals surface area contributed by atoms with Gasteiger partial charge in [0.25, 0.3) is 0 Å². The third-order valence-electron chi connectivity index (χ3n) is 21.9. The number of carbonyl (C=O) groups excluding carboxylic acids is 1. The molecule has 22 heteroatoms. The summed E-state index contributed by atoms with van der Waals surface area (Å²) in [6, 6.07) is 143. The maximum absolute atomic E-state index is 14.5. The molecule has 0 saturated heterocycles. The molecule has 18 aromatic rings. The maximum Gasteiger partial charge on any atom is 0.514 e. The van der Waals surface area contributed by atoms with E-state index in [0.717, 1.165) is 118 Å². The number of ether oxygens (including phenoxy) is 4. The molecule has 1 fully saturated rings. The molecule has 0 bridgehead atoms. The molecule has 1 saturated carbocycles. The zero-order valence-electron chi connectivity index (χ0n) is 77.6. The van der Waals surface area contributed by atoms with Crippen LogP contribution in [0.5, 0.6) is 34.5 Å². The number of hydrogen-bond donors (Lipinski definition) is 2. The Morgan fingerprint density at radius 1 is 0.317 bits per heavy atom. The van der Waals surface area contributed by atoms with Gasteiger partial charge in [0.2, 0.25) is 9.79 Å². The minimum absolute atomic E-state index is 0.223. The van der Waals surface area contributed by atoms with Crippen molar-refractivity contribution in [2.24, 2.45) is 0 Å². The zero-order valence-corrected chi connectivity index (χ0v) is 82.5. The second-order valence-electron chi connectivity index (χ2n) is 33.3. The molecule has 142 heavy (non-hydrogen) atoms. The number of benzene rings is 18. The highest BCUT2D eigenvalue weighted by molar-refractivity contribution is 7.98. The Balaban J connectivity index is 0.000000129. The summed E-state index contributed by atoms with van der Waals surface area (Å²) < 4.78 is 142. The fourth-order valence-electron chi connectivity index (χ4n) is 15.3. The fourth-order valence-corrected chi connectivity index (χ4v) is 27.9. The number of para-hydroxylation sites is 2. The van der Waals surface area contributed by atoms with E-state index in [1.807, 2.05) is 227 Å². The smallest absolute Gasteiger partial charge is 0.505 e. The lowest BCUT2D eigenvalue weighted by molar-refractivity contribution is -0.137. The Hall–Kier alpha value is -14.1. The average molecular weight is 2020 g/mol. The predicted octanol–water partition coefficient (Wildman–Crippen LogP) is 33.1. The zero-order chi connectivity index (χ0) is 99.5. The van der Waals surface area contributed by atoms with E-state index in [9.17, 15) is 54.5 Å². The van der Waals surface area contributed by atoms with E-state index in [1.54, 1.807) is 66.7 Å². The number of aromatic hydroxyl groups is 2. The lowest BCUT2D eigenvalue weighted by atomic mass is 10.1. The molecule has 0 amide bonds. The molecule has 0 radical (unpaired) electrons. The minimum atomic E-state index is -4.33. The van der Waals surface area contributed by atoms with Crippen molar-refractivity contribution >= 4 is 71.5 Å². The number of alkyl halides is 3. The van der Waals surface area contributed by atoms with Crippen molar-refractivity contribution in [2.75, 3.05) is 0 Å². The predicted molar refractivity (Wildman–Crippen MR) is 551 cm³/mol. The van der Waals surface area contributed by atoms with Gasteiger partial charge in [0.05, 0.1) is 60.0 Å². The number of halogens is 9. The lowest BCUT2D eigenvalue weighted by Gasteiger charge is -2.26. The van der Waals surface area contributed by atoms with Crippen LogP contribution in [0.25, 0.3) is 0 Å². The lowest BCUT2D eigenvalue weighted by Crippen LogP contribution is -2.28. The van der Waals surface area contributed by atoms with E-state index in [-0.39, 0.29) is 83.9 Å². The topological polar surface area (TPSA) is 94.5 Å². The summed E-state index contributed by atoms with van der Waals surface area (Å²) in [5.74, 6) is -0.684. The van der Waals surface area contributed by atoms with Crippen LogP contribution in [-0.2, 0) is 76.3 Å². The van der Waals surface area contributed by atoms with Crippen molar-refractivity contribution in [2.45, 2.75) is 159 Å². The molecule has 20 rings (SSSR count). The molecule has 0 unspecified atom stereocenters. The number of rotatable bonds is 19. The van der Waals surface area contributed by atoms with Gasteiger partial charge in [-0.1, -0.05) is 170 Å². The van der Waals surface area contributed by atoms with Gasteiger partial charge in [-0.15, -0.1) is 0 Å². The van der Waals surface area contributed by atoms with Crippen LogP contribution in [0.3, 0.4) is 0 Å². The molecule has 0 spiro atoms. The first-order valence-corrected chi connectivity index (χ1v) is 52.7. The third-order valence-corrected chi connectivity index (χ3v) is 35.3. The van der Waals surface area contributed by atoms with Gasteiger partial charge >= 0.3 is 12.3 Å². The van der Waals surface area contributed by atoms with Gasteiger partial charge in [-0.2, -0.15) is 13.2 Å². The van der Waals surface area contributed by atoms with Gasteiger partial charge in [0.1, 0.15) is 45.3 Å². The summed E-state index contributed by atoms with van der Waals surface area (Å²) in [6.45, 7) is 7.52. The first-order chi connectivity index (χ1) is 68.7. The third kappa shape index (κ3) is 27.8. The SMILES string of the molecule is CC(C)(C)OC(=O)Oc1ccc([S+](c2ccccc2)c2ccccc2)cc1.CC1(Oc2cc([S+](c3ccccc3)c3ccccc3)ccc2F)CCCC1.FC(F)(F)c1ccc([S+]2c3ccccc3Oc3ccccc32)cc1.Fc1ccc([S+](c2ccc(F)cc2)c2ccc(F)cc2)cc1.Oc1cc([S+](c2ccccc2)c2ccccc2)ccc1F.Oc1ccc([S+](c2ccccc2)c2ccccc2)cc1F. The van der Waals surface area contributed by atoms with Crippen LogP contribution in [-0.4, -0.2) is 27.6 Å². The van der Waals surface area contributed by atoms with Crippen LogP contribution in [0.15, 0.2) is 555 Å². The number of carbonyl (C=O) groups is 1. The molecule has 7 nitrogen and oxygen atoms in total. The van der Waals surface area contributed by atoms with Gasteiger partial charge < -0.3 is 29.2 Å². The molecule has 1 aliphatic heterocycles. The standard InChI is InChI=1S/C24H24FOS.C23H23O3S.C19H12F3OS.C18H12F3S.2C18H13FOS/c1-24(16-8-9-17-24)26-23-18-21(14-15-22(23)25)27(19-10-4-2-5-11-19)20-12-6-3-7-13-20;1-23(2,3)26-22(24)25-18-14-16-21(17-15-18)27(19-10-6-4-7-11-19)20-12-8-5-9-13-20;20-19(21,22)13-9-11-14(12-10-13)24-17-7-3-1-5-15(17)23-16-6-2-4-8-18(16)24;19-13-1-7-16(8-2-13)22(17-9-3-14(20)4-10-17)18-11-5-15(21)6-12-18;19-17-13-16(11-12-18(17)20)21(14-7-3-1-4-8-14)15-9-5-2-6-10-15;19-17-12-11-16(13-18(17)20)21(14-7-3-1-4-8-14)15-9-5-2-6-10-15/h2-7,10-15,18H,8-9,16-17H2,1H3;4-17H,1-3H3;1-12H;1-12H;2*1-13H/q4*+1;;/p+2. The van der Waals surface area contributed by atoms with E-state index in [4.69, 9.17) is 18.9 Å². The van der Waals surface area contributed by atoms with Gasteiger partial charge in [-0.3, -0.25) is 0 Å². The molecule has 714 valence electrons. The van der Waals surface area contributed by atoms with Crippen molar-refractivity contribution in [3.05, 3.63) is 508 Å². The Morgan fingerprint density at radius 2 is 0.606 bits per heavy atom. The summed E-state index contributed by atoms with van der Waals surface area (Å²) in [5.41, 5.74) is -1.47. The molecule has 1 heterocycles. The Morgan fingerprint density at radius 3 is 0.937 bits per heavy atom. The number of phenolic OH excluding ortho intramolecular Hbond substituents is 2. The highest BCUT2D eigenvalue weighted by Crippen LogP contribution is 2.48. The molecule has 2 N–H and O–H groups in total. The van der Waals surface area contributed by atoms with Crippen LogP contribution in [0.1, 0.15) is 58.9 Å². The van der Waals surface area contributed by atoms with Gasteiger partial charge in [-0.25, -0.2) is 31.1 Å². The Kier molecular flexibility index (Phi) is 35.2. The molecule has 0 atom stereocenters. The number of hydrogen-bond acceptors (Lipinski definition) is 7. The summed E-state index contributed by atoms with van der Waals surface area (Å²) in [6.07, 6.45) is -0.751. The van der Waals surface area contributed by atoms with Crippen LogP contribution in [0, 0.1) is 34.9 Å². The van der Waals surface area contributed by atoms with Crippen molar-refractivity contribution < 1.29 is 73.5 Å². The number of fused-ring (bicyclic) bond motifs is 2. The first-order valence-electron chi connectivity index (χ1n) is 45.4. The first kappa shape index (κ1) is 102. The normalized spacial score (nSPS) is 12.4. The van der Waals surface area contributed by atoms with E-state index in [1.165, 1.54) is 80.2 Å². The minimum Gasteiger partial charge on any atom is -0.505 e. The quantitative estimate of drug-likeness (QED) is 0.0360. The second kappa shape index (κ2) is 48.9. The van der Waals surface area contributed by atoms with Crippen LogP contribution >= 0.6 is 0 Å². The van der Waals surface area contributed by atoms with E-state index in [2.05, 4.69) is 128 Å². The molecule has 0 aromatic heterocycles. The van der Waals surface area contributed by atoms with Crippen molar-refractivity contribution in [1.29, 1.82) is 0 Å². The average Bonchev–Trinajstić information content (AvgIpc) is 0.808. The van der Waals surface area contributed by atoms with Crippen molar-refractivity contribution in [1.82, 2.24) is 0 Å². The monoisotopic (exact) mass is 2010 g/mol. The van der Waals surface area contributed by atoms with Crippen molar-refractivity contribution in [3.8, 4) is 34.5 Å². The van der Waals surface area contributed by atoms with Gasteiger partial charge in [0.15, 0.2) is 125 Å². The Bertz CT molecular complexity index is 6620. The highest BCUT2D eigenvalue weighted by atomic mass is 32.2. The number of phenols is 2. The van der Waals surface area contributed by atoms with E-state index >= 15 is 0 Å². The molecule has 1 aliphatic carbocycles. The van der Waals surface area contributed by atoms with Crippen LogP contribution in [0.4, 0.5) is 44.3 Å². The Labute approximate surface area is 839 Å². The molecule has 2 aliphatic rings.